The SMILES string of the molecule is O=C(Nc1cc(Cl)ccc1F)c1ccc2nccn2c1. The number of fused-ring (bicyclic) bond motifs is 1. The van der Waals surface area contributed by atoms with Crippen molar-refractivity contribution in [1.82, 2.24) is 9.38 Å². The lowest BCUT2D eigenvalue weighted by Gasteiger charge is -2.07. The number of anilines is 1. The largest absolute Gasteiger partial charge is 0.319 e. The number of amides is 1. The van der Waals surface area contributed by atoms with Gasteiger partial charge in [0.1, 0.15) is 11.5 Å². The van der Waals surface area contributed by atoms with Crippen LogP contribution in [0.1, 0.15) is 10.4 Å². The molecule has 0 aliphatic heterocycles. The van der Waals surface area contributed by atoms with E-state index < -0.39 is 11.7 Å². The Morgan fingerprint density at radius 1 is 1.30 bits per heavy atom. The Labute approximate surface area is 118 Å². The van der Waals surface area contributed by atoms with Crippen LogP contribution in [0.3, 0.4) is 0 Å². The Kier molecular flexibility index (Phi) is 3.12. The van der Waals surface area contributed by atoms with Crippen molar-refractivity contribution in [2.75, 3.05) is 5.32 Å². The van der Waals surface area contributed by atoms with Crippen LogP contribution in [0.4, 0.5) is 10.1 Å². The normalized spacial score (nSPS) is 10.7. The van der Waals surface area contributed by atoms with E-state index in [4.69, 9.17) is 11.6 Å². The van der Waals surface area contributed by atoms with E-state index in [1.807, 2.05) is 0 Å². The molecule has 20 heavy (non-hydrogen) atoms. The third-order valence-electron chi connectivity index (χ3n) is 2.83. The van der Waals surface area contributed by atoms with Crippen LogP contribution >= 0.6 is 11.6 Å². The van der Waals surface area contributed by atoms with Crippen LogP contribution in [0.15, 0.2) is 48.9 Å². The summed E-state index contributed by atoms with van der Waals surface area (Å²) in [7, 11) is 0. The van der Waals surface area contributed by atoms with Gasteiger partial charge in [0.2, 0.25) is 0 Å². The molecule has 2 heterocycles. The standard InChI is InChI=1S/C14H9ClFN3O/c15-10-2-3-11(16)12(7-10)18-14(20)9-1-4-13-17-5-6-19(13)8-9/h1-8H,(H,18,20). The summed E-state index contributed by atoms with van der Waals surface area (Å²) in [5.74, 6) is -0.951. The number of aromatic nitrogens is 2. The fraction of sp³-hybridized carbons (Fsp3) is 0. The zero-order valence-corrected chi connectivity index (χ0v) is 10.9. The Morgan fingerprint density at radius 2 is 2.15 bits per heavy atom. The van der Waals surface area contributed by atoms with Gasteiger partial charge in [-0.15, -0.1) is 0 Å². The maximum absolute atomic E-state index is 13.6. The molecule has 1 N–H and O–H groups in total. The van der Waals surface area contributed by atoms with Gasteiger partial charge in [-0.2, -0.15) is 0 Å². The van der Waals surface area contributed by atoms with E-state index in [0.717, 1.165) is 5.65 Å². The highest BCUT2D eigenvalue weighted by Crippen LogP contribution is 2.20. The topological polar surface area (TPSA) is 46.4 Å². The van der Waals surface area contributed by atoms with Crippen molar-refractivity contribution in [2.24, 2.45) is 0 Å². The minimum atomic E-state index is -0.536. The number of hydrogen-bond donors (Lipinski definition) is 1. The third kappa shape index (κ3) is 2.35. The van der Waals surface area contributed by atoms with Gasteiger partial charge in [-0.3, -0.25) is 4.79 Å². The maximum Gasteiger partial charge on any atom is 0.257 e. The number of imidazole rings is 1. The first-order chi connectivity index (χ1) is 9.63. The van der Waals surface area contributed by atoms with Crippen LogP contribution in [-0.4, -0.2) is 15.3 Å². The minimum absolute atomic E-state index is 0.0493. The van der Waals surface area contributed by atoms with Crippen molar-refractivity contribution in [2.45, 2.75) is 0 Å². The van der Waals surface area contributed by atoms with E-state index in [1.54, 1.807) is 35.1 Å². The van der Waals surface area contributed by atoms with Gasteiger partial charge in [-0.05, 0) is 30.3 Å². The maximum atomic E-state index is 13.6. The van der Waals surface area contributed by atoms with E-state index in [-0.39, 0.29) is 5.69 Å². The molecule has 0 unspecified atom stereocenters. The average Bonchev–Trinajstić information content (AvgIpc) is 2.90. The molecule has 0 fully saturated rings. The zero-order chi connectivity index (χ0) is 14.1. The lowest BCUT2D eigenvalue weighted by Crippen LogP contribution is -2.13. The van der Waals surface area contributed by atoms with Gasteiger partial charge >= 0.3 is 0 Å². The molecule has 3 rings (SSSR count). The van der Waals surface area contributed by atoms with Gasteiger partial charge in [0.25, 0.3) is 5.91 Å². The number of nitrogens with zero attached hydrogens (tertiary/aromatic N) is 2. The Hall–Kier alpha value is -2.40. The highest BCUT2D eigenvalue weighted by molar-refractivity contribution is 6.31. The summed E-state index contributed by atoms with van der Waals surface area (Å²) < 4.78 is 15.3. The molecule has 6 heteroatoms. The second kappa shape index (κ2) is 4.94. The third-order valence-corrected chi connectivity index (χ3v) is 3.06. The number of rotatable bonds is 2. The first-order valence-corrected chi connectivity index (χ1v) is 6.20. The molecule has 0 aliphatic carbocycles. The number of nitrogens with one attached hydrogen (secondary N) is 1. The van der Waals surface area contributed by atoms with Crippen molar-refractivity contribution in [3.05, 3.63) is 65.3 Å². The molecule has 0 saturated heterocycles. The molecule has 1 amide bonds. The first kappa shape index (κ1) is 12.6. The lowest BCUT2D eigenvalue weighted by atomic mass is 10.2. The highest BCUT2D eigenvalue weighted by Gasteiger charge is 2.10. The van der Waals surface area contributed by atoms with Crippen molar-refractivity contribution in [3.8, 4) is 0 Å². The van der Waals surface area contributed by atoms with Crippen molar-refractivity contribution in [1.29, 1.82) is 0 Å². The number of benzene rings is 1. The number of hydrogen-bond acceptors (Lipinski definition) is 2. The van der Waals surface area contributed by atoms with Crippen molar-refractivity contribution >= 4 is 28.8 Å². The molecule has 1 aromatic carbocycles. The van der Waals surface area contributed by atoms with E-state index in [0.29, 0.717) is 10.6 Å². The Bertz CT molecular complexity index is 800. The van der Waals surface area contributed by atoms with Gasteiger partial charge in [0, 0.05) is 23.6 Å². The van der Waals surface area contributed by atoms with Gasteiger partial charge in [0.15, 0.2) is 0 Å². The second-order valence-corrected chi connectivity index (χ2v) is 4.63. The minimum Gasteiger partial charge on any atom is -0.319 e. The molecular weight excluding hydrogens is 281 g/mol. The van der Waals surface area contributed by atoms with Gasteiger partial charge in [-0.25, -0.2) is 9.37 Å². The van der Waals surface area contributed by atoms with Gasteiger partial charge in [0.05, 0.1) is 11.3 Å². The Balaban J connectivity index is 1.90. The van der Waals surface area contributed by atoms with Crippen LogP contribution in [-0.2, 0) is 0 Å². The molecule has 0 radical (unpaired) electrons. The van der Waals surface area contributed by atoms with Crippen LogP contribution in [0.2, 0.25) is 5.02 Å². The van der Waals surface area contributed by atoms with E-state index in [9.17, 15) is 9.18 Å². The molecule has 3 aromatic rings. The van der Waals surface area contributed by atoms with Gasteiger partial charge < -0.3 is 9.72 Å². The van der Waals surface area contributed by atoms with Crippen molar-refractivity contribution in [3.63, 3.8) is 0 Å². The smallest absolute Gasteiger partial charge is 0.257 e. The summed E-state index contributed by atoms with van der Waals surface area (Å²) in [5.41, 5.74) is 1.18. The number of halogens is 2. The second-order valence-electron chi connectivity index (χ2n) is 4.19. The van der Waals surface area contributed by atoms with E-state index in [2.05, 4.69) is 10.3 Å². The molecule has 100 valence electrons. The molecule has 0 spiro atoms. The summed E-state index contributed by atoms with van der Waals surface area (Å²) in [6, 6.07) is 7.33. The summed E-state index contributed by atoms with van der Waals surface area (Å²) in [6.45, 7) is 0. The number of carbonyl (C=O) groups excluding carboxylic acids is 1. The highest BCUT2D eigenvalue weighted by atomic mass is 35.5. The summed E-state index contributed by atoms with van der Waals surface area (Å²) in [6.07, 6.45) is 4.99. The molecule has 2 aromatic heterocycles. The molecule has 0 bridgehead atoms. The number of pyridine rings is 1. The zero-order valence-electron chi connectivity index (χ0n) is 10.2. The summed E-state index contributed by atoms with van der Waals surface area (Å²) in [5, 5.41) is 2.85. The summed E-state index contributed by atoms with van der Waals surface area (Å²) in [4.78, 5) is 16.2. The predicted molar refractivity (Wildman–Crippen MR) is 74.6 cm³/mol. The fourth-order valence-electron chi connectivity index (χ4n) is 1.84. The first-order valence-electron chi connectivity index (χ1n) is 5.82. The lowest BCUT2D eigenvalue weighted by molar-refractivity contribution is 0.102. The monoisotopic (exact) mass is 289 g/mol. The Morgan fingerprint density at radius 3 is 3.00 bits per heavy atom. The van der Waals surface area contributed by atoms with Crippen LogP contribution in [0.5, 0.6) is 0 Å². The van der Waals surface area contributed by atoms with Crippen LogP contribution in [0, 0.1) is 5.82 Å². The van der Waals surface area contributed by atoms with E-state index >= 15 is 0 Å². The van der Waals surface area contributed by atoms with Crippen LogP contribution in [0.25, 0.3) is 5.65 Å². The van der Waals surface area contributed by atoms with Crippen molar-refractivity contribution < 1.29 is 9.18 Å². The van der Waals surface area contributed by atoms with E-state index in [1.165, 1.54) is 18.2 Å². The summed E-state index contributed by atoms with van der Waals surface area (Å²) >= 11 is 5.78. The van der Waals surface area contributed by atoms with Crippen LogP contribution < -0.4 is 5.32 Å². The predicted octanol–water partition coefficient (Wildman–Crippen LogP) is 3.38. The molecule has 4 nitrogen and oxygen atoms in total. The molecule has 0 aliphatic rings. The fourth-order valence-corrected chi connectivity index (χ4v) is 2.01. The molecular formula is C14H9ClFN3O. The molecule has 0 saturated carbocycles. The van der Waals surface area contributed by atoms with Gasteiger partial charge in [-0.1, -0.05) is 11.6 Å². The number of carbonyl (C=O) groups is 1. The molecule has 0 atom stereocenters. The average molecular weight is 290 g/mol. The quantitative estimate of drug-likeness (QED) is 0.786.